The molecule has 1 aromatic carbocycles. The van der Waals surface area contributed by atoms with E-state index >= 15 is 0 Å². The molecule has 2 heterocycles. The average molecular weight is 635 g/mol. The largest absolute Gasteiger partial charge is 0.483 e. The highest BCUT2D eigenvalue weighted by Crippen LogP contribution is 2.33. The maximum absolute atomic E-state index is 13.1. The molecule has 248 valence electrons. The van der Waals surface area contributed by atoms with Crippen molar-refractivity contribution in [2.24, 2.45) is 0 Å². The van der Waals surface area contributed by atoms with Crippen LogP contribution >= 0.6 is 0 Å². The number of rotatable bonds is 23. The Balaban J connectivity index is 1.18. The Bertz CT molecular complexity index is 1190. The smallest absolute Gasteiger partial charge is 0.266 e. The Morgan fingerprint density at radius 3 is 1.96 bits per heavy atom. The molecular formula is C30H42N4O11. The van der Waals surface area contributed by atoms with Gasteiger partial charge in [-0.3, -0.25) is 34.2 Å². The van der Waals surface area contributed by atoms with Gasteiger partial charge in [0.1, 0.15) is 11.8 Å². The number of nitrogens with one attached hydrogen (secondary N) is 3. The van der Waals surface area contributed by atoms with Crippen LogP contribution in [0, 0.1) is 0 Å². The number of amides is 5. The zero-order valence-corrected chi connectivity index (χ0v) is 25.6. The summed E-state index contributed by atoms with van der Waals surface area (Å²) in [5.41, 5.74) is 0.957. The van der Waals surface area contributed by atoms with Crippen molar-refractivity contribution in [3.05, 3.63) is 41.6 Å². The minimum absolute atomic E-state index is 0.0166. The van der Waals surface area contributed by atoms with E-state index in [1.807, 2.05) is 6.92 Å². The zero-order valence-electron chi connectivity index (χ0n) is 25.6. The molecule has 0 radical (unpaired) electrons. The van der Waals surface area contributed by atoms with E-state index in [2.05, 4.69) is 22.5 Å². The molecule has 0 aromatic heterocycles. The number of ether oxygens (including phenoxy) is 6. The second kappa shape index (κ2) is 19.5. The second-order valence-electron chi connectivity index (χ2n) is 10.0. The van der Waals surface area contributed by atoms with Gasteiger partial charge in [-0.1, -0.05) is 12.6 Å². The molecule has 1 saturated heterocycles. The molecule has 5 amide bonds. The molecule has 15 nitrogen and oxygen atoms in total. The molecule has 2 aliphatic heterocycles. The van der Waals surface area contributed by atoms with E-state index in [0.717, 1.165) is 17.1 Å². The molecule has 1 fully saturated rings. The number of imide groups is 2. The first-order valence-electron chi connectivity index (χ1n) is 14.8. The summed E-state index contributed by atoms with van der Waals surface area (Å²) in [5.74, 6) is -2.92. The molecule has 1 aromatic rings. The van der Waals surface area contributed by atoms with Crippen LogP contribution in [0.2, 0.25) is 0 Å². The highest BCUT2D eigenvalue weighted by Gasteiger charge is 2.46. The van der Waals surface area contributed by atoms with Crippen LogP contribution in [0.5, 0.6) is 5.75 Å². The summed E-state index contributed by atoms with van der Waals surface area (Å²) in [6.07, 6.45) is 0.0585. The fraction of sp³-hybridized carbons (Fsp3) is 0.567. The molecule has 3 rings (SSSR count). The normalized spacial score (nSPS) is 16.0. The van der Waals surface area contributed by atoms with Crippen LogP contribution < -0.4 is 20.7 Å². The van der Waals surface area contributed by atoms with Gasteiger partial charge in [-0.2, -0.15) is 0 Å². The summed E-state index contributed by atoms with van der Waals surface area (Å²) < 4.78 is 32.7. The number of piperidine rings is 1. The third-order valence-corrected chi connectivity index (χ3v) is 6.52. The van der Waals surface area contributed by atoms with Gasteiger partial charge < -0.3 is 39.1 Å². The molecular weight excluding hydrogens is 592 g/mol. The molecule has 0 spiro atoms. The van der Waals surface area contributed by atoms with Gasteiger partial charge in [0, 0.05) is 25.2 Å². The SMILES string of the molecule is C=C(C)NCCOCCOCCOCCOCCOCCNC(=O)COc1cccc2c1C(=O)N(C1CCC(=O)NC1=O)C2=O. The van der Waals surface area contributed by atoms with Gasteiger partial charge >= 0.3 is 0 Å². The molecule has 2 aliphatic rings. The number of benzene rings is 1. The summed E-state index contributed by atoms with van der Waals surface area (Å²) >= 11 is 0. The summed E-state index contributed by atoms with van der Waals surface area (Å²) in [6, 6.07) is 3.35. The number of hydrogen-bond donors (Lipinski definition) is 3. The number of allylic oxidation sites excluding steroid dienone is 1. The Labute approximate surface area is 261 Å². The molecule has 0 saturated carbocycles. The van der Waals surface area contributed by atoms with Crippen LogP contribution in [-0.2, 0) is 38.1 Å². The van der Waals surface area contributed by atoms with Gasteiger partial charge in [0.25, 0.3) is 17.7 Å². The molecule has 0 aliphatic carbocycles. The monoisotopic (exact) mass is 634 g/mol. The number of hydrogen-bond acceptors (Lipinski definition) is 12. The van der Waals surface area contributed by atoms with E-state index < -0.39 is 42.2 Å². The van der Waals surface area contributed by atoms with Gasteiger partial charge in [-0.05, 0) is 25.5 Å². The van der Waals surface area contributed by atoms with Crippen molar-refractivity contribution in [1.82, 2.24) is 20.9 Å². The van der Waals surface area contributed by atoms with Gasteiger partial charge in [0.2, 0.25) is 11.8 Å². The Hall–Kier alpha value is -3.89. The predicted molar refractivity (Wildman–Crippen MR) is 159 cm³/mol. The van der Waals surface area contributed by atoms with Crippen molar-refractivity contribution < 1.29 is 52.4 Å². The van der Waals surface area contributed by atoms with Crippen LogP contribution in [0.4, 0.5) is 0 Å². The van der Waals surface area contributed by atoms with Crippen LogP contribution in [0.15, 0.2) is 30.5 Å². The van der Waals surface area contributed by atoms with Crippen molar-refractivity contribution in [3.8, 4) is 5.75 Å². The van der Waals surface area contributed by atoms with Crippen LogP contribution in [0.25, 0.3) is 0 Å². The van der Waals surface area contributed by atoms with Gasteiger partial charge in [0.15, 0.2) is 6.61 Å². The van der Waals surface area contributed by atoms with Crippen LogP contribution in [-0.4, -0.2) is 126 Å². The van der Waals surface area contributed by atoms with E-state index in [-0.39, 0.29) is 42.9 Å². The van der Waals surface area contributed by atoms with E-state index in [1.165, 1.54) is 18.2 Å². The number of carbonyl (C=O) groups excluding carboxylic acids is 5. The lowest BCUT2D eigenvalue weighted by Crippen LogP contribution is -2.54. The molecule has 45 heavy (non-hydrogen) atoms. The first-order valence-corrected chi connectivity index (χ1v) is 14.8. The number of fused-ring (bicyclic) bond motifs is 1. The van der Waals surface area contributed by atoms with Gasteiger partial charge in [0.05, 0.1) is 77.2 Å². The molecule has 1 unspecified atom stereocenters. The molecule has 1 atom stereocenters. The van der Waals surface area contributed by atoms with E-state index in [1.54, 1.807) is 0 Å². The van der Waals surface area contributed by atoms with Crippen LogP contribution in [0.3, 0.4) is 0 Å². The topological polar surface area (TPSA) is 180 Å². The highest BCUT2D eigenvalue weighted by atomic mass is 16.6. The highest BCUT2D eigenvalue weighted by molar-refractivity contribution is 6.24. The second-order valence-corrected chi connectivity index (χ2v) is 10.0. The van der Waals surface area contributed by atoms with Gasteiger partial charge in [-0.15, -0.1) is 0 Å². The van der Waals surface area contributed by atoms with Crippen LogP contribution in [0.1, 0.15) is 40.5 Å². The Morgan fingerprint density at radius 2 is 1.40 bits per heavy atom. The molecule has 0 bridgehead atoms. The lowest BCUT2D eigenvalue weighted by Gasteiger charge is -2.27. The fourth-order valence-corrected chi connectivity index (χ4v) is 4.38. The summed E-state index contributed by atoms with van der Waals surface area (Å²) in [7, 11) is 0. The quantitative estimate of drug-likeness (QED) is 0.107. The first-order chi connectivity index (χ1) is 21.8. The lowest BCUT2D eigenvalue weighted by atomic mass is 10.0. The first kappa shape index (κ1) is 35.6. The minimum Gasteiger partial charge on any atom is -0.483 e. The maximum atomic E-state index is 13.1. The van der Waals surface area contributed by atoms with Crippen molar-refractivity contribution in [2.45, 2.75) is 25.8 Å². The number of carbonyl (C=O) groups is 5. The van der Waals surface area contributed by atoms with Crippen molar-refractivity contribution in [2.75, 3.05) is 85.8 Å². The summed E-state index contributed by atoms with van der Waals surface area (Å²) in [5, 5.41) is 7.87. The van der Waals surface area contributed by atoms with E-state index in [0.29, 0.717) is 59.5 Å². The Kier molecular flexibility index (Phi) is 15.4. The minimum atomic E-state index is -1.09. The third-order valence-electron chi connectivity index (χ3n) is 6.52. The van der Waals surface area contributed by atoms with Gasteiger partial charge in [-0.25, -0.2) is 0 Å². The fourth-order valence-electron chi connectivity index (χ4n) is 4.38. The van der Waals surface area contributed by atoms with E-state index in [4.69, 9.17) is 28.4 Å². The standard InChI is InChI=1S/C30H42N4O11/c1-21(2)31-8-10-40-12-14-42-16-18-44-19-17-43-15-13-41-11-9-32-26(36)20-45-24-5-3-4-22-27(24)30(39)34(29(22)38)23-6-7-25(35)33-28(23)37/h3-5,23,31H,1,6-20H2,2H3,(H,32,36)(H,33,35,37). The van der Waals surface area contributed by atoms with Crippen molar-refractivity contribution in [3.63, 3.8) is 0 Å². The summed E-state index contributed by atoms with van der Waals surface area (Å²) in [6.45, 7) is 10.6. The number of nitrogens with zero attached hydrogens (tertiary/aromatic N) is 1. The Morgan fingerprint density at radius 1 is 0.844 bits per heavy atom. The predicted octanol–water partition coefficient (Wildman–Crippen LogP) is -0.211. The summed E-state index contributed by atoms with van der Waals surface area (Å²) in [4.78, 5) is 62.8. The van der Waals surface area contributed by atoms with Crippen molar-refractivity contribution >= 4 is 29.5 Å². The van der Waals surface area contributed by atoms with Crippen molar-refractivity contribution in [1.29, 1.82) is 0 Å². The average Bonchev–Trinajstić information content (AvgIpc) is 3.26. The zero-order chi connectivity index (χ0) is 32.4. The third kappa shape index (κ3) is 11.9. The van der Waals surface area contributed by atoms with E-state index in [9.17, 15) is 24.0 Å². The maximum Gasteiger partial charge on any atom is 0.266 e. The lowest BCUT2D eigenvalue weighted by molar-refractivity contribution is -0.136. The molecule has 15 heteroatoms. The molecule has 3 N–H and O–H groups in total.